The monoisotopic (exact) mass is 319 g/mol. The van der Waals surface area contributed by atoms with Gasteiger partial charge in [0.05, 0.1) is 12.1 Å². The zero-order chi connectivity index (χ0) is 15.9. The summed E-state index contributed by atoms with van der Waals surface area (Å²) in [6, 6.07) is 7.64. The van der Waals surface area contributed by atoms with Crippen molar-refractivity contribution < 1.29 is 9.90 Å². The normalized spacial score (nSPS) is 22.0. The highest BCUT2D eigenvalue weighted by atomic mass is 35.5. The van der Waals surface area contributed by atoms with E-state index in [-0.39, 0.29) is 6.54 Å². The van der Waals surface area contributed by atoms with Gasteiger partial charge in [0.2, 0.25) is 0 Å². The van der Waals surface area contributed by atoms with E-state index in [1.165, 1.54) is 0 Å². The average molecular weight is 320 g/mol. The number of piperidine rings is 1. The minimum Gasteiger partial charge on any atom is -0.378 e. The molecule has 116 valence electrons. The Bertz CT molecular complexity index is 749. The lowest BCUT2D eigenvalue weighted by Gasteiger charge is -2.37. The number of β-amino-alcohol motifs (C(OH)–C–C–N with tert-alkyl or cyclic N) is 1. The number of aryl methyl sites for hydroxylation is 1. The van der Waals surface area contributed by atoms with Crippen LogP contribution in [0.1, 0.15) is 18.4 Å². The van der Waals surface area contributed by atoms with Gasteiger partial charge in [0, 0.05) is 17.0 Å². The minimum atomic E-state index is -1.49. The summed E-state index contributed by atoms with van der Waals surface area (Å²) in [5.74, 6) is 0.0365. The van der Waals surface area contributed by atoms with E-state index in [1.807, 2.05) is 36.1 Å². The molecule has 1 aliphatic rings. The third kappa shape index (κ3) is 2.51. The number of aromatic nitrogens is 1. The van der Waals surface area contributed by atoms with Crippen LogP contribution in [0, 0.1) is 6.92 Å². The van der Waals surface area contributed by atoms with E-state index in [1.54, 1.807) is 0 Å². The van der Waals surface area contributed by atoms with Crippen LogP contribution in [0.3, 0.4) is 0 Å². The van der Waals surface area contributed by atoms with Crippen molar-refractivity contribution in [3.8, 4) is 0 Å². The first-order valence-corrected chi connectivity index (χ1v) is 7.62. The molecular weight excluding hydrogens is 302 g/mol. The Balaban J connectivity index is 2.00. The van der Waals surface area contributed by atoms with Crippen LogP contribution in [0.4, 0.5) is 5.82 Å². The molecule has 0 radical (unpaired) electrons. The molecule has 0 bridgehead atoms. The fourth-order valence-electron chi connectivity index (χ4n) is 2.90. The van der Waals surface area contributed by atoms with E-state index < -0.39 is 11.5 Å². The smallest absolute Gasteiger partial charge is 0.251 e. The van der Waals surface area contributed by atoms with Gasteiger partial charge in [-0.3, -0.25) is 4.79 Å². The molecule has 2 aromatic rings. The number of nitrogens with zero attached hydrogens (tertiary/aromatic N) is 2. The van der Waals surface area contributed by atoms with Crippen LogP contribution in [-0.2, 0) is 4.79 Å². The van der Waals surface area contributed by atoms with Gasteiger partial charge < -0.3 is 15.7 Å². The second-order valence-corrected chi connectivity index (χ2v) is 6.24. The molecule has 3 rings (SSSR count). The average Bonchev–Trinajstić information content (AvgIpc) is 2.51. The standard InChI is InChI=1S/C16H18ClN3O2/c1-10-12(17)5-3-11-4-6-13(19-14(10)11)20-8-2-7-16(22,9-20)15(18)21/h3-6,22H,2,7-9H2,1H3,(H2,18,21)/t16-/m0/s1. The molecule has 0 aliphatic carbocycles. The van der Waals surface area contributed by atoms with Gasteiger partial charge >= 0.3 is 0 Å². The second-order valence-electron chi connectivity index (χ2n) is 5.83. The molecule has 5 nitrogen and oxygen atoms in total. The van der Waals surface area contributed by atoms with E-state index in [4.69, 9.17) is 17.3 Å². The van der Waals surface area contributed by atoms with Crippen molar-refractivity contribution in [2.24, 2.45) is 5.73 Å². The molecule has 3 N–H and O–H groups in total. The number of benzene rings is 1. The van der Waals surface area contributed by atoms with Crippen molar-refractivity contribution in [1.29, 1.82) is 0 Å². The number of halogens is 1. The van der Waals surface area contributed by atoms with Crippen molar-refractivity contribution in [3.63, 3.8) is 0 Å². The quantitative estimate of drug-likeness (QED) is 0.887. The first kappa shape index (κ1) is 15.1. The van der Waals surface area contributed by atoms with E-state index in [2.05, 4.69) is 4.98 Å². The Hall–Kier alpha value is -1.85. The first-order chi connectivity index (χ1) is 10.4. The second kappa shape index (κ2) is 5.41. The molecular formula is C16H18ClN3O2. The van der Waals surface area contributed by atoms with Crippen molar-refractivity contribution >= 4 is 34.2 Å². The zero-order valence-electron chi connectivity index (χ0n) is 12.3. The van der Waals surface area contributed by atoms with Crippen LogP contribution in [0.2, 0.25) is 5.02 Å². The van der Waals surface area contributed by atoms with Gasteiger partial charge in [-0.25, -0.2) is 4.98 Å². The Kier molecular flexibility index (Phi) is 3.70. The summed E-state index contributed by atoms with van der Waals surface area (Å²) in [5, 5.41) is 12.0. The van der Waals surface area contributed by atoms with Gasteiger partial charge in [-0.1, -0.05) is 17.7 Å². The molecule has 2 heterocycles. The Morgan fingerprint density at radius 2 is 2.14 bits per heavy atom. The van der Waals surface area contributed by atoms with Crippen LogP contribution in [-0.4, -0.2) is 34.7 Å². The maximum absolute atomic E-state index is 11.5. The summed E-state index contributed by atoms with van der Waals surface area (Å²) in [5.41, 5.74) is 5.59. The Labute approximate surface area is 133 Å². The number of amides is 1. The van der Waals surface area contributed by atoms with E-state index in [0.717, 1.165) is 28.8 Å². The van der Waals surface area contributed by atoms with Gasteiger partial charge in [0.1, 0.15) is 5.82 Å². The fourth-order valence-corrected chi connectivity index (χ4v) is 3.06. The van der Waals surface area contributed by atoms with Crippen LogP contribution in [0.5, 0.6) is 0 Å². The number of aliphatic hydroxyl groups is 1. The predicted molar refractivity (Wildman–Crippen MR) is 87.1 cm³/mol. The molecule has 22 heavy (non-hydrogen) atoms. The first-order valence-electron chi connectivity index (χ1n) is 7.24. The van der Waals surface area contributed by atoms with Crippen molar-refractivity contribution in [3.05, 3.63) is 34.9 Å². The third-order valence-corrected chi connectivity index (χ3v) is 4.70. The number of hydrogen-bond acceptors (Lipinski definition) is 4. The lowest BCUT2D eigenvalue weighted by molar-refractivity contribution is -0.137. The molecule has 1 saturated heterocycles. The number of pyridine rings is 1. The number of hydrogen-bond donors (Lipinski definition) is 2. The molecule has 1 fully saturated rings. The summed E-state index contributed by atoms with van der Waals surface area (Å²) in [7, 11) is 0. The lowest BCUT2D eigenvalue weighted by Crippen LogP contribution is -2.56. The van der Waals surface area contributed by atoms with E-state index in [9.17, 15) is 9.90 Å². The van der Waals surface area contributed by atoms with Crippen molar-refractivity contribution in [2.75, 3.05) is 18.0 Å². The molecule has 1 aliphatic heterocycles. The number of nitrogens with two attached hydrogens (primary N) is 1. The third-order valence-electron chi connectivity index (χ3n) is 4.29. The molecule has 0 saturated carbocycles. The van der Waals surface area contributed by atoms with Crippen LogP contribution in [0.25, 0.3) is 10.9 Å². The van der Waals surface area contributed by atoms with Crippen molar-refractivity contribution in [2.45, 2.75) is 25.4 Å². The molecule has 6 heteroatoms. The van der Waals surface area contributed by atoms with Gasteiger partial charge in [-0.2, -0.15) is 0 Å². The number of fused-ring (bicyclic) bond motifs is 1. The maximum atomic E-state index is 11.5. The SMILES string of the molecule is Cc1c(Cl)ccc2ccc(N3CCC[C@@](O)(C(N)=O)C3)nc12. The number of rotatable bonds is 2. The van der Waals surface area contributed by atoms with E-state index in [0.29, 0.717) is 17.9 Å². The molecule has 1 aromatic heterocycles. The number of carbonyl (C=O) groups excluding carboxylic acids is 1. The summed E-state index contributed by atoms with van der Waals surface area (Å²) >= 11 is 6.16. The number of carbonyl (C=O) groups is 1. The fraction of sp³-hybridized carbons (Fsp3) is 0.375. The minimum absolute atomic E-state index is 0.167. The number of primary amides is 1. The molecule has 1 amide bonds. The summed E-state index contributed by atoms with van der Waals surface area (Å²) in [4.78, 5) is 18.0. The highest BCUT2D eigenvalue weighted by Crippen LogP contribution is 2.29. The highest BCUT2D eigenvalue weighted by Gasteiger charge is 2.39. The molecule has 1 atom stereocenters. The summed E-state index contributed by atoms with van der Waals surface area (Å²) < 4.78 is 0. The zero-order valence-corrected chi connectivity index (χ0v) is 13.1. The largest absolute Gasteiger partial charge is 0.378 e. The topological polar surface area (TPSA) is 79.5 Å². The summed E-state index contributed by atoms with van der Waals surface area (Å²) in [6.07, 6.45) is 1.07. The molecule has 0 unspecified atom stereocenters. The van der Waals surface area contributed by atoms with Gasteiger partial charge in [0.15, 0.2) is 5.60 Å². The molecule has 0 spiro atoms. The maximum Gasteiger partial charge on any atom is 0.251 e. The Morgan fingerprint density at radius 3 is 2.86 bits per heavy atom. The Morgan fingerprint density at radius 1 is 1.41 bits per heavy atom. The molecule has 1 aromatic carbocycles. The van der Waals surface area contributed by atoms with Gasteiger partial charge in [-0.15, -0.1) is 0 Å². The lowest BCUT2D eigenvalue weighted by atomic mass is 9.92. The van der Waals surface area contributed by atoms with Crippen LogP contribution in [0.15, 0.2) is 24.3 Å². The van der Waals surface area contributed by atoms with Gasteiger partial charge in [-0.05, 0) is 43.5 Å². The predicted octanol–water partition coefficient (Wildman–Crippen LogP) is 2.01. The summed E-state index contributed by atoms with van der Waals surface area (Å²) in [6.45, 7) is 2.82. The van der Waals surface area contributed by atoms with Crippen molar-refractivity contribution in [1.82, 2.24) is 4.98 Å². The van der Waals surface area contributed by atoms with Gasteiger partial charge in [0.25, 0.3) is 5.91 Å². The van der Waals surface area contributed by atoms with Crippen LogP contribution >= 0.6 is 11.6 Å². The highest BCUT2D eigenvalue weighted by molar-refractivity contribution is 6.32. The van der Waals surface area contributed by atoms with E-state index >= 15 is 0 Å². The van der Waals surface area contributed by atoms with Crippen LogP contribution < -0.4 is 10.6 Å². The number of anilines is 1.